The van der Waals surface area contributed by atoms with Crippen molar-refractivity contribution in [3.05, 3.63) is 30.5 Å². The Hall–Kier alpha value is -1.19. The Balaban J connectivity index is 0.000000980. The largest absolute Gasteiger partial charge is 0.496 e. The zero-order valence-corrected chi connectivity index (χ0v) is 9.77. The number of nitrogens with two attached hydrogens (primary N) is 1. The lowest BCUT2D eigenvalue weighted by atomic mass is 10.2. The summed E-state index contributed by atoms with van der Waals surface area (Å²) in [4.78, 5) is 4.18. The molecule has 15 heavy (non-hydrogen) atoms. The number of pyridine rings is 1. The van der Waals surface area contributed by atoms with Gasteiger partial charge in [-0.1, -0.05) is 0 Å². The molecule has 1 aromatic carbocycles. The number of hydrogen-bond acceptors (Lipinski definition) is 3. The molecule has 0 saturated heterocycles. The minimum atomic E-state index is 0. The molecule has 5 heteroatoms. The van der Waals surface area contributed by atoms with Crippen molar-refractivity contribution in [1.29, 1.82) is 0 Å². The van der Waals surface area contributed by atoms with Gasteiger partial charge < -0.3 is 10.5 Å². The number of rotatable bonds is 1. The first-order valence-corrected chi connectivity index (χ1v) is 4.00. The van der Waals surface area contributed by atoms with Crippen molar-refractivity contribution >= 4 is 41.4 Å². The highest BCUT2D eigenvalue weighted by Gasteiger charge is 2.03. The standard InChI is InChI=1S/C10H10N2O.2ClH/c1-13-9-5-4-8(11)10-7(9)3-2-6-12-10;;/h2-6H,11H2,1H3;2*1H. The molecule has 0 bridgehead atoms. The van der Waals surface area contributed by atoms with Crippen LogP contribution in [-0.2, 0) is 0 Å². The van der Waals surface area contributed by atoms with E-state index in [1.165, 1.54) is 0 Å². The zero-order valence-electron chi connectivity index (χ0n) is 8.14. The molecule has 0 aliphatic heterocycles. The predicted octanol–water partition coefficient (Wildman–Crippen LogP) is 2.67. The summed E-state index contributed by atoms with van der Waals surface area (Å²) in [6.07, 6.45) is 1.72. The molecule has 0 saturated carbocycles. The Kier molecular flexibility index (Phi) is 5.19. The molecule has 0 amide bonds. The van der Waals surface area contributed by atoms with Gasteiger partial charge in [0.05, 0.1) is 18.3 Å². The molecule has 0 fully saturated rings. The number of halogens is 2. The van der Waals surface area contributed by atoms with Gasteiger partial charge in [0.15, 0.2) is 0 Å². The number of anilines is 1. The van der Waals surface area contributed by atoms with E-state index < -0.39 is 0 Å². The maximum absolute atomic E-state index is 5.76. The molecule has 2 rings (SSSR count). The summed E-state index contributed by atoms with van der Waals surface area (Å²) in [5.41, 5.74) is 7.23. The number of hydrogen-bond donors (Lipinski definition) is 1. The van der Waals surface area contributed by atoms with E-state index in [9.17, 15) is 0 Å². The number of methoxy groups -OCH3 is 1. The molecule has 0 atom stereocenters. The van der Waals surface area contributed by atoms with Gasteiger partial charge in [0, 0.05) is 11.6 Å². The van der Waals surface area contributed by atoms with Crippen molar-refractivity contribution < 1.29 is 4.74 Å². The zero-order chi connectivity index (χ0) is 9.26. The maximum Gasteiger partial charge on any atom is 0.128 e. The van der Waals surface area contributed by atoms with Crippen LogP contribution >= 0.6 is 24.8 Å². The van der Waals surface area contributed by atoms with Gasteiger partial charge in [-0.2, -0.15) is 0 Å². The summed E-state index contributed by atoms with van der Waals surface area (Å²) in [6, 6.07) is 7.45. The second kappa shape index (κ2) is 5.63. The van der Waals surface area contributed by atoms with E-state index in [2.05, 4.69) is 4.98 Å². The number of nitrogen functional groups attached to an aromatic ring is 1. The quantitative estimate of drug-likeness (QED) is 0.788. The topological polar surface area (TPSA) is 48.1 Å². The summed E-state index contributed by atoms with van der Waals surface area (Å²) < 4.78 is 5.19. The molecule has 0 aliphatic carbocycles. The lowest BCUT2D eigenvalue weighted by molar-refractivity contribution is 0.420. The first-order chi connectivity index (χ1) is 6.33. The van der Waals surface area contributed by atoms with E-state index in [4.69, 9.17) is 10.5 Å². The molecule has 0 aliphatic rings. The van der Waals surface area contributed by atoms with Crippen LogP contribution in [0.5, 0.6) is 5.75 Å². The van der Waals surface area contributed by atoms with Crippen LogP contribution < -0.4 is 10.5 Å². The van der Waals surface area contributed by atoms with Crippen molar-refractivity contribution in [2.24, 2.45) is 0 Å². The highest BCUT2D eigenvalue weighted by Crippen LogP contribution is 2.27. The normalized spacial score (nSPS) is 8.87. The Morgan fingerprint density at radius 3 is 2.60 bits per heavy atom. The summed E-state index contributed by atoms with van der Waals surface area (Å²) in [5, 5.41) is 0.949. The van der Waals surface area contributed by atoms with Gasteiger partial charge >= 0.3 is 0 Å². The molecular formula is C10H12Cl2N2O. The fraction of sp³-hybridized carbons (Fsp3) is 0.100. The Morgan fingerprint density at radius 1 is 1.20 bits per heavy atom. The number of ether oxygens (including phenoxy) is 1. The Morgan fingerprint density at radius 2 is 1.93 bits per heavy atom. The van der Waals surface area contributed by atoms with Gasteiger partial charge in [0.2, 0.25) is 0 Å². The Labute approximate surface area is 100 Å². The number of fused-ring (bicyclic) bond motifs is 1. The predicted molar refractivity (Wildman–Crippen MR) is 67.2 cm³/mol. The average molecular weight is 247 g/mol. The summed E-state index contributed by atoms with van der Waals surface area (Å²) in [6.45, 7) is 0. The number of aromatic nitrogens is 1. The van der Waals surface area contributed by atoms with Crippen molar-refractivity contribution in [3.63, 3.8) is 0 Å². The van der Waals surface area contributed by atoms with Crippen molar-refractivity contribution in [2.75, 3.05) is 12.8 Å². The molecule has 1 aromatic heterocycles. The molecule has 2 aromatic rings. The van der Waals surface area contributed by atoms with E-state index >= 15 is 0 Å². The van der Waals surface area contributed by atoms with Gasteiger partial charge in [0.1, 0.15) is 5.75 Å². The first kappa shape index (κ1) is 13.8. The van der Waals surface area contributed by atoms with Crippen LogP contribution in [0.2, 0.25) is 0 Å². The van der Waals surface area contributed by atoms with E-state index in [1.54, 1.807) is 19.4 Å². The molecule has 1 heterocycles. The smallest absolute Gasteiger partial charge is 0.128 e. The molecule has 0 spiro atoms. The average Bonchev–Trinajstić information content (AvgIpc) is 2.19. The molecular weight excluding hydrogens is 235 g/mol. The van der Waals surface area contributed by atoms with Crippen molar-refractivity contribution in [1.82, 2.24) is 4.98 Å². The minimum Gasteiger partial charge on any atom is -0.496 e. The maximum atomic E-state index is 5.76. The third-order valence-electron chi connectivity index (χ3n) is 1.98. The van der Waals surface area contributed by atoms with E-state index in [0.717, 1.165) is 16.7 Å². The van der Waals surface area contributed by atoms with Crippen LogP contribution in [0.4, 0.5) is 5.69 Å². The number of benzene rings is 1. The van der Waals surface area contributed by atoms with Crippen LogP contribution in [0.15, 0.2) is 30.5 Å². The minimum absolute atomic E-state index is 0. The monoisotopic (exact) mass is 246 g/mol. The fourth-order valence-electron chi connectivity index (χ4n) is 1.35. The fourth-order valence-corrected chi connectivity index (χ4v) is 1.35. The second-order valence-electron chi connectivity index (χ2n) is 2.76. The third kappa shape index (κ3) is 2.43. The summed E-state index contributed by atoms with van der Waals surface area (Å²) in [5.74, 6) is 0.803. The van der Waals surface area contributed by atoms with Gasteiger partial charge in [-0.15, -0.1) is 24.8 Å². The van der Waals surface area contributed by atoms with Crippen LogP contribution in [0.25, 0.3) is 10.9 Å². The van der Waals surface area contributed by atoms with Gasteiger partial charge in [0.25, 0.3) is 0 Å². The summed E-state index contributed by atoms with van der Waals surface area (Å²) in [7, 11) is 1.64. The third-order valence-corrected chi connectivity index (χ3v) is 1.98. The molecule has 82 valence electrons. The van der Waals surface area contributed by atoms with E-state index in [0.29, 0.717) is 5.69 Å². The van der Waals surface area contributed by atoms with Crippen LogP contribution in [0, 0.1) is 0 Å². The van der Waals surface area contributed by atoms with E-state index in [1.807, 2.05) is 18.2 Å². The first-order valence-electron chi connectivity index (χ1n) is 4.00. The SMILES string of the molecule is COc1ccc(N)c2ncccc12.Cl.Cl. The Bertz CT molecular complexity index is 448. The highest BCUT2D eigenvalue weighted by molar-refractivity contribution is 5.93. The van der Waals surface area contributed by atoms with Crippen molar-refractivity contribution in [2.45, 2.75) is 0 Å². The van der Waals surface area contributed by atoms with E-state index in [-0.39, 0.29) is 24.8 Å². The lowest BCUT2D eigenvalue weighted by Crippen LogP contribution is -1.91. The van der Waals surface area contributed by atoms with Crippen LogP contribution in [0.1, 0.15) is 0 Å². The molecule has 3 nitrogen and oxygen atoms in total. The lowest BCUT2D eigenvalue weighted by Gasteiger charge is -2.05. The molecule has 0 radical (unpaired) electrons. The molecule has 0 unspecified atom stereocenters. The van der Waals surface area contributed by atoms with Crippen molar-refractivity contribution in [3.8, 4) is 5.75 Å². The molecule has 2 N–H and O–H groups in total. The van der Waals surface area contributed by atoms with Crippen LogP contribution in [-0.4, -0.2) is 12.1 Å². The highest BCUT2D eigenvalue weighted by atomic mass is 35.5. The van der Waals surface area contributed by atoms with Gasteiger partial charge in [-0.25, -0.2) is 0 Å². The number of nitrogens with zero attached hydrogens (tertiary/aromatic N) is 1. The van der Waals surface area contributed by atoms with Gasteiger partial charge in [-0.3, -0.25) is 4.98 Å². The van der Waals surface area contributed by atoms with Gasteiger partial charge in [-0.05, 0) is 24.3 Å². The second-order valence-corrected chi connectivity index (χ2v) is 2.76. The summed E-state index contributed by atoms with van der Waals surface area (Å²) >= 11 is 0. The van der Waals surface area contributed by atoms with Crippen LogP contribution in [0.3, 0.4) is 0 Å².